The van der Waals surface area contributed by atoms with Crippen molar-refractivity contribution in [2.45, 2.75) is 25.6 Å². The van der Waals surface area contributed by atoms with E-state index >= 15 is 0 Å². The molecule has 2 aromatic carbocycles. The van der Waals surface area contributed by atoms with Gasteiger partial charge in [-0.1, -0.05) is 42.5 Å². The van der Waals surface area contributed by atoms with Crippen LogP contribution in [0, 0.1) is 5.92 Å². The van der Waals surface area contributed by atoms with E-state index < -0.39 is 0 Å². The fraction of sp³-hybridized carbons (Fsp3) is 0.409. The van der Waals surface area contributed by atoms with E-state index in [0.717, 1.165) is 49.5 Å². The molecule has 0 radical (unpaired) electrons. The maximum absolute atomic E-state index is 12.3. The topological polar surface area (TPSA) is 49.2 Å². The lowest BCUT2D eigenvalue weighted by molar-refractivity contribution is -0.908. The number of likely N-dealkylation sites (tertiary alicyclic amines) is 1. The van der Waals surface area contributed by atoms with Crippen molar-refractivity contribution in [3.63, 3.8) is 0 Å². The summed E-state index contributed by atoms with van der Waals surface area (Å²) in [6.07, 6.45) is 1.80. The number of piperidine rings is 1. The first-order valence-electron chi connectivity index (χ1n) is 9.70. The van der Waals surface area contributed by atoms with Gasteiger partial charge in [0, 0.05) is 12.8 Å². The van der Waals surface area contributed by atoms with Gasteiger partial charge in [0.1, 0.15) is 19.8 Å². The highest BCUT2D eigenvalue weighted by molar-refractivity contribution is 5.72. The molecule has 1 atom stereocenters. The molecule has 0 saturated carbocycles. The second-order valence-electron chi connectivity index (χ2n) is 7.32. The number of esters is 1. The number of fused-ring (bicyclic) bond motifs is 1. The van der Waals surface area contributed by atoms with E-state index in [0.29, 0.717) is 13.2 Å². The molecule has 2 aromatic rings. The Morgan fingerprint density at radius 3 is 2.43 bits per heavy atom. The van der Waals surface area contributed by atoms with Crippen LogP contribution in [0.2, 0.25) is 0 Å². The normalized spacial score (nSPS) is 23.4. The fourth-order valence-corrected chi connectivity index (χ4v) is 3.80. The van der Waals surface area contributed by atoms with Gasteiger partial charge in [-0.3, -0.25) is 4.79 Å². The Bertz CT molecular complexity index is 762. The molecule has 1 N–H and O–H groups in total. The van der Waals surface area contributed by atoms with Gasteiger partial charge < -0.3 is 31.5 Å². The van der Waals surface area contributed by atoms with Crippen molar-refractivity contribution in [3.05, 3.63) is 60.2 Å². The summed E-state index contributed by atoms with van der Waals surface area (Å²) in [5, 5.41) is 0. The molecule has 6 heteroatoms. The van der Waals surface area contributed by atoms with E-state index in [1.807, 2.05) is 54.6 Å². The van der Waals surface area contributed by atoms with Gasteiger partial charge in [0.2, 0.25) is 0 Å². The minimum Gasteiger partial charge on any atom is -1.00 e. The highest BCUT2D eigenvalue weighted by Gasteiger charge is 2.31. The smallest absolute Gasteiger partial charge is 0.309 e. The number of para-hydroxylation sites is 2. The lowest BCUT2D eigenvalue weighted by atomic mass is 9.97. The summed E-state index contributed by atoms with van der Waals surface area (Å²) in [6, 6.07) is 17.6. The number of hydrogen-bond acceptors (Lipinski definition) is 4. The first-order valence-corrected chi connectivity index (χ1v) is 9.70. The van der Waals surface area contributed by atoms with Gasteiger partial charge in [-0.05, 0) is 17.7 Å². The first kappa shape index (κ1) is 20.5. The standard InChI is InChI=1S/C22H25NO4.ClH/c24-22(26-15-17-6-2-1-3-7-17)18-10-12-23(13-11-18)14-19-16-25-20-8-4-5-9-21(20)27-19;/h1-9,18-19H,10-16H2;1H. The number of carbonyl (C=O) groups excluding carboxylic acids is 1. The fourth-order valence-electron chi connectivity index (χ4n) is 3.80. The number of rotatable bonds is 5. The van der Waals surface area contributed by atoms with Crippen molar-refractivity contribution in [2.75, 3.05) is 26.2 Å². The Balaban J connectivity index is 0.00000225. The lowest BCUT2D eigenvalue weighted by Crippen LogP contribution is -3.14. The Hall–Kier alpha value is -2.24. The van der Waals surface area contributed by atoms with Gasteiger partial charge in [0.05, 0.1) is 19.0 Å². The number of quaternary nitrogens is 1. The predicted octanol–water partition coefficient (Wildman–Crippen LogP) is -1.13. The lowest BCUT2D eigenvalue weighted by Gasteiger charge is -2.32. The third-order valence-electron chi connectivity index (χ3n) is 5.33. The molecular weight excluding hydrogens is 378 g/mol. The molecule has 1 saturated heterocycles. The molecule has 4 rings (SSSR count). The second kappa shape index (κ2) is 9.80. The van der Waals surface area contributed by atoms with Crippen molar-refractivity contribution >= 4 is 5.97 Å². The summed E-state index contributed by atoms with van der Waals surface area (Å²) < 4.78 is 17.4. The Kier molecular flexibility index (Phi) is 7.18. The van der Waals surface area contributed by atoms with E-state index in [1.54, 1.807) is 0 Å². The number of ether oxygens (including phenoxy) is 3. The molecule has 2 aliphatic rings. The summed E-state index contributed by atoms with van der Waals surface area (Å²) >= 11 is 0. The summed E-state index contributed by atoms with van der Waals surface area (Å²) in [6.45, 7) is 3.78. The summed E-state index contributed by atoms with van der Waals surface area (Å²) in [5.74, 6) is 1.60. The van der Waals surface area contributed by atoms with Gasteiger partial charge in [0.25, 0.3) is 0 Å². The Morgan fingerprint density at radius 1 is 1.00 bits per heavy atom. The molecule has 0 amide bonds. The molecule has 2 heterocycles. The zero-order valence-corrected chi connectivity index (χ0v) is 16.6. The largest absolute Gasteiger partial charge is 1.00 e. The molecule has 0 aliphatic carbocycles. The highest BCUT2D eigenvalue weighted by Crippen LogP contribution is 2.30. The first-order chi connectivity index (χ1) is 13.3. The quantitative estimate of drug-likeness (QED) is 0.642. The van der Waals surface area contributed by atoms with Crippen molar-refractivity contribution < 1.29 is 36.3 Å². The van der Waals surface area contributed by atoms with Crippen molar-refractivity contribution in [2.24, 2.45) is 5.92 Å². The average molecular weight is 404 g/mol. The highest BCUT2D eigenvalue weighted by atomic mass is 35.5. The van der Waals surface area contributed by atoms with Crippen LogP contribution in [0.15, 0.2) is 54.6 Å². The van der Waals surface area contributed by atoms with Crippen LogP contribution in [-0.2, 0) is 16.1 Å². The zero-order chi connectivity index (χ0) is 18.5. The van der Waals surface area contributed by atoms with Crippen molar-refractivity contribution in [1.29, 1.82) is 0 Å². The zero-order valence-electron chi connectivity index (χ0n) is 15.8. The van der Waals surface area contributed by atoms with Crippen LogP contribution in [0.5, 0.6) is 11.5 Å². The summed E-state index contributed by atoms with van der Waals surface area (Å²) in [7, 11) is 0. The molecule has 28 heavy (non-hydrogen) atoms. The van der Waals surface area contributed by atoms with Crippen molar-refractivity contribution in [1.82, 2.24) is 0 Å². The monoisotopic (exact) mass is 403 g/mol. The summed E-state index contributed by atoms with van der Waals surface area (Å²) in [4.78, 5) is 13.8. The number of benzene rings is 2. The van der Waals surface area contributed by atoms with E-state index in [9.17, 15) is 4.79 Å². The summed E-state index contributed by atoms with van der Waals surface area (Å²) in [5.41, 5.74) is 1.03. The van der Waals surface area contributed by atoms with E-state index in [1.165, 1.54) is 4.90 Å². The minimum absolute atomic E-state index is 0. The predicted molar refractivity (Wildman–Crippen MR) is 101 cm³/mol. The third kappa shape index (κ3) is 5.18. The van der Waals surface area contributed by atoms with E-state index in [4.69, 9.17) is 14.2 Å². The molecule has 0 spiro atoms. The van der Waals surface area contributed by atoms with E-state index in [-0.39, 0.29) is 30.4 Å². The van der Waals surface area contributed by atoms with Crippen LogP contribution in [-0.4, -0.2) is 38.3 Å². The molecule has 2 aliphatic heterocycles. The third-order valence-corrected chi connectivity index (χ3v) is 5.33. The van der Waals surface area contributed by atoms with E-state index in [2.05, 4.69) is 0 Å². The number of halogens is 1. The molecule has 0 bridgehead atoms. The van der Waals surface area contributed by atoms with Crippen molar-refractivity contribution in [3.8, 4) is 11.5 Å². The molecular formula is C22H26ClNO4. The van der Waals surface area contributed by atoms with Crippen LogP contribution in [0.25, 0.3) is 0 Å². The minimum atomic E-state index is -0.0657. The van der Waals surface area contributed by atoms with Crippen LogP contribution < -0.4 is 26.8 Å². The van der Waals surface area contributed by atoms with Crippen LogP contribution in [0.1, 0.15) is 18.4 Å². The van der Waals surface area contributed by atoms with Crippen LogP contribution in [0.3, 0.4) is 0 Å². The van der Waals surface area contributed by atoms with Crippen LogP contribution >= 0.6 is 0 Å². The average Bonchev–Trinajstić information content (AvgIpc) is 2.73. The van der Waals surface area contributed by atoms with Gasteiger partial charge >= 0.3 is 5.97 Å². The van der Waals surface area contributed by atoms with Gasteiger partial charge in [-0.15, -0.1) is 0 Å². The Morgan fingerprint density at radius 2 is 1.68 bits per heavy atom. The van der Waals surface area contributed by atoms with Gasteiger partial charge in [-0.25, -0.2) is 0 Å². The number of nitrogens with one attached hydrogen (secondary N) is 1. The number of hydrogen-bond donors (Lipinski definition) is 1. The van der Waals surface area contributed by atoms with Crippen LogP contribution in [0.4, 0.5) is 0 Å². The van der Waals surface area contributed by atoms with Gasteiger partial charge in [0.15, 0.2) is 17.6 Å². The SMILES string of the molecule is O=C(OCc1ccccc1)C1CC[NH+](CC2COc3ccccc3O2)CC1.[Cl-]. The molecule has 1 unspecified atom stereocenters. The number of carbonyl (C=O) groups is 1. The maximum Gasteiger partial charge on any atom is 0.309 e. The molecule has 0 aromatic heterocycles. The van der Waals surface area contributed by atoms with Gasteiger partial charge in [-0.2, -0.15) is 0 Å². The Labute approximate surface area is 172 Å². The molecule has 1 fully saturated rings. The second-order valence-corrected chi connectivity index (χ2v) is 7.32. The molecule has 5 nitrogen and oxygen atoms in total. The molecule has 150 valence electrons. The maximum atomic E-state index is 12.3.